The number of pyridine rings is 1. The lowest BCUT2D eigenvalue weighted by atomic mass is 10.1. The van der Waals surface area contributed by atoms with Crippen molar-refractivity contribution in [3.8, 4) is 17.1 Å². The first-order valence-corrected chi connectivity index (χ1v) is 8.06. The van der Waals surface area contributed by atoms with Gasteiger partial charge in [-0.15, -0.1) is 11.3 Å². The molecule has 0 unspecified atom stereocenters. The summed E-state index contributed by atoms with van der Waals surface area (Å²) in [5.74, 6) is -4.17. The zero-order valence-corrected chi connectivity index (χ0v) is 13.9. The summed E-state index contributed by atoms with van der Waals surface area (Å²) in [6.07, 6.45) is 0.671. The van der Waals surface area contributed by atoms with E-state index in [4.69, 9.17) is 17.0 Å². The molecule has 0 saturated heterocycles. The second-order valence-electron chi connectivity index (χ2n) is 5.04. The molecule has 9 heteroatoms. The van der Waals surface area contributed by atoms with E-state index in [-0.39, 0.29) is 6.61 Å². The highest BCUT2D eigenvalue weighted by Gasteiger charge is 2.21. The number of thiazole rings is 1. The van der Waals surface area contributed by atoms with Crippen LogP contribution in [-0.2, 0) is 6.61 Å². The number of carbonyl (C=O) groups is 1. The van der Waals surface area contributed by atoms with Gasteiger partial charge in [0.05, 0.1) is 18.5 Å². The Kier molecular flexibility index (Phi) is 4.86. The smallest absolute Gasteiger partial charge is 0.254 e. The highest BCUT2D eigenvalue weighted by molar-refractivity contribution is 7.09. The second kappa shape index (κ2) is 7.25. The molecule has 3 aromatic rings. The Morgan fingerprint density at radius 1 is 1.31 bits per heavy atom. The van der Waals surface area contributed by atoms with Gasteiger partial charge in [0, 0.05) is 5.38 Å². The Hall–Kier alpha value is -3.38. The molecule has 0 spiro atoms. The Labute approximate surface area is 150 Å². The van der Waals surface area contributed by atoms with Crippen LogP contribution in [0.15, 0.2) is 35.8 Å². The average molecular weight is 372 g/mol. The van der Waals surface area contributed by atoms with Gasteiger partial charge in [-0.05, 0) is 5.56 Å². The molecule has 3 rings (SSSR count). The van der Waals surface area contributed by atoms with Crippen LogP contribution in [0.4, 0.5) is 14.5 Å². The summed E-state index contributed by atoms with van der Waals surface area (Å²) in [6.45, 7) is 6.82. The average Bonchev–Trinajstić information content (AvgIpc) is 3.10. The zero-order valence-electron chi connectivity index (χ0n) is 13.1. The molecule has 0 saturated carbocycles. The maximum Gasteiger partial charge on any atom is 0.254 e. The molecule has 1 amide bonds. The topological polar surface area (TPSA) is 82.5 Å². The third kappa shape index (κ3) is 3.50. The van der Waals surface area contributed by atoms with Gasteiger partial charge in [0.25, 0.3) is 11.8 Å². The molecule has 0 aliphatic heterocycles. The van der Waals surface area contributed by atoms with Crippen LogP contribution in [0.5, 0.6) is 5.88 Å². The lowest BCUT2D eigenvalue weighted by molar-refractivity contribution is 0.0990. The molecule has 0 radical (unpaired) electrons. The lowest BCUT2D eigenvalue weighted by Gasteiger charge is -2.07. The van der Waals surface area contributed by atoms with Crippen molar-refractivity contribution in [2.45, 2.75) is 6.61 Å². The number of hydrogen-bond acceptors (Lipinski definition) is 5. The number of ether oxygens (including phenoxy) is 1. The Morgan fingerprint density at radius 2 is 2.04 bits per heavy atom. The van der Waals surface area contributed by atoms with Gasteiger partial charge in [0.2, 0.25) is 5.82 Å². The van der Waals surface area contributed by atoms with Gasteiger partial charge in [-0.3, -0.25) is 4.79 Å². The van der Waals surface area contributed by atoms with E-state index in [9.17, 15) is 13.6 Å². The zero-order chi connectivity index (χ0) is 18.7. The minimum absolute atomic E-state index is 0.113. The van der Waals surface area contributed by atoms with Crippen LogP contribution in [0.1, 0.15) is 15.4 Å². The van der Waals surface area contributed by atoms with Gasteiger partial charge >= 0.3 is 0 Å². The van der Waals surface area contributed by atoms with Gasteiger partial charge in [0.1, 0.15) is 17.2 Å². The van der Waals surface area contributed by atoms with Gasteiger partial charge in [-0.1, -0.05) is 24.3 Å². The summed E-state index contributed by atoms with van der Waals surface area (Å²) in [4.78, 5) is 22.3. The SMILES string of the molecule is [C-]#[N+]c1ccc(-c2csc(COc3ncc(F)c(C(N)=O)c3F)n2)cc1. The molecule has 2 aromatic heterocycles. The van der Waals surface area contributed by atoms with E-state index in [1.807, 2.05) is 0 Å². The van der Waals surface area contributed by atoms with Crippen molar-refractivity contribution in [3.63, 3.8) is 0 Å². The van der Waals surface area contributed by atoms with Gasteiger partial charge in [-0.2, -0.15) is 0 Å². The van der Waals surface area contributed by atoms with Crippen molar-refractivity contribution in [1.82, 2.24) is 9.97 Å². The Morgan fingerprint density at radius 3 is 2.69 bits per heavy atom. The van der Waals surface area contributed by atoms with Crippen LogP contribution in [-0.4, -0.2) is 15.9 Å². The predicted octanol–water partition coefficient (Wildman–Crippen LogP) is 3.71. The molecule has 1 aromatic carbocycles. The van der Waals surface area contributed by atoms with E-state index in [1.54, 1.807) is 29.6 Å². The number of aromatic nitrogens is 2. The largest absolute Gasteiger partial charge is 0.468 e. The standard InChI is InChI=1S/C17H10F2N4O2S/c1-21-10-4-2-9(3-5-10)12-8-26-13(23-12)7-25-17-15(19)14(16(20)24)11(18)6-22-17/h2-6,8H,7H2,(H2,20,24). The van der Waals surface area contributed by atoms with Crippen molar-refractivity contribution in [2.24, 2.45) is 5.73 Å². The van der Waals surface area contributed by atoms with E-state index in [0.717, 1.165) is 5.56 Å². The van der Waals surface area contributed by atoms with Crippen molar-refractivity contribution >= 4 is 22.9 Å². The summed E-state index contributed by atoms with van der Waals surface area (Å²) in [6, 6.07) is 6.91. The summed E-state index contributed by atoms with van der Waals surface area (Å²) in [7, 11) is 0. The first kappa shape index (κ1) is 17.4. The summed E-state index contributed by atoms with van der Waals surface area (Å²) in [5.41, 5.74) is 6.08. The fourth-order valence-electron chi connectivity index (χ4n) is 2.12. The molecule has 0 atom stereocenters. The normalized spacial score (nSPS) is 10.3. The number of hydrogen-bond donors (Lipinski definition) is 1. The van der Waals surface area contributed by atoms with Crippen molar-refractivity contribution < 1.29 is 18.3 Å². The van der Waals surface area contributed by atoms with Gasteiger partial charge in [-0.25, -0.2) is 23.6 Å². The Bertz CT molecular complexity index is 1010. The first-order valence-electron chi connectivity index (χ1n) is 7.18. The van der Waals surface area contributed by atoms with Crippen molar-refractivity contribution in [1.29, 1.82) is 0 Å². The van der Waals surface area contributed by atoms with Crippen molar-refractivity contribution in [3.05, 3.63) is 69.5 Å². The maximum absolute atomic E-state index is 14.1. The lowest BCUT2D eigenvalue weighted by Crippen LogP contribution is -2.17. The van der Waals surface area contributed by atoms with E-state index >= 15 is 0 Å². The van der Waals surface area contributed by atoms with Crippen LogP contribution in [0.2, 0.25) is 0 Å². The molecular formula is C17H10F2N4O2S. The van der Waals surface area contributed by atoms with Crippen molar-refractivity contribution in [2.75, 3.05) is 0 Å². The van der Waals surface area contributed by atoms with E-state index in [1.165, 1.54) is 11.3 Å². The van der Waals surface area contributed by atoms with Crippen LogP contribution in [0, 0.1) is 18.2 Å². The second-order valence-corrected chi connectivity index (χ2v) is 5.98. The maximum atomic E-state index is 14.1. The molecule has 0 bridgehead atoms. The molecule has 0 aliphatic rings. The quantitative estimate of drug-likeness (QED) is 0.692. The molecular weight excluding hydrogens is 362 g/mol. The van der Waals surface area contributed by atoms with E-state index in [0.29, 0.717) is 22.6 Å². The highest BCUT2D eigenvalue weighted by Crippen LogP contribution is 2.26. The predicted molar refractivity (Wildman–Crippen MR) is 90.8 cm³/mol. The number of nitrogens with two attached hydrogens (primary N) is 1. The number of benzene rings is 1. The van der Waals surface area contributed by atoms with Gasteiger partial charge in [0.15, 0.2) is 11.5 Å². The minimum atomic E-state index is -1.25. The Balaban J connectivity index is 1.75. The summed E-state index contributed by atoms with van der Waals surface area (Å²) < 4.78 is 32.7. The molecule has 0 fully saturated rings. The number of halogens is 2. The summed E-state index contributed by atoms with van der Waals surface area (Å²) in [5, 5.41) is 2.31. The third-order valence-electron chi connectivity index (χ3n) is 3.36. The molecule has 0 aliphatic carbocycles. The molecule has 130 valence electrons. The van der Waals surface area contributed by atoms with Crippen LogP contribution in [0.3, 0.4) is 0 Å². The number of carbonyl (C=O) groups excluding carboxylic acids is 1. The molecule has 2 heterocycles. The number of amides is 1. The van der Waals surface area contributed by atoms with E-state index < -0.39 is 29.0 Å². The fourth-order valence-corrected chi connectivity index (χ4v) is 2.84. The number of primary amides is 1. The minimum Gasteiger partial charge on any atom is -0.468 e. The van der Waals surface area contributed by atoms with Gasteiger partial charge < -0.3 is 10.5 Å². The van der Waals surface area contributed by atoms with E-state index in [2.05, 4.69) is 14.8 Å². The fraction of sp³-hybridized carbons (Fsp3) is 0.0588. The van der Waals surface area contributed by atoms with Crippen LogP contribution >= 0.6 is 11.3 Å². The van der Waals surface area contributed by atoms with Crippen LogP contribution in [0.25, 0.3) is 16.1 Å². The number of nitrogens with zero attached hydrogens (tertiary/aromatic N) is 3. The van der Waals surface area contributed by atoms with Crippen LogP contribution < -0.4 is 10.5 Å². The third-order valence-corrected chi connectivity index (χ3v) is 4.19. The number of rotatable bonds is 5. The molecule has 6 nitrogen and oxygen atoms in total. The monoisotopic (exact) mass is 372 g/mol. The molecule has 26 heavy (non-hydrogen) atoms. The summed E-state index contributed by atoms with van der Waals surface area (Å²) >= 11 is 1.28. The highest BCUT2D eigenvalue weighted by atomic mass is 32.1. The first-order chi connectivity index (χ1) is 12.5. The molecule has 2 N–H and O–H groups in total.